The molecule has 5 heteroatoms. The van der Waals surface area contributed by atoms with Crippen LogP contribution in [0.5, 0.6) is 0 Å². The van der Waals surface area contributed by atoms with Crippen LogP contribution < -0.4 is 0 Å². The van der Waals surface area contributed by atoms with Crippen molar-refractivity contribution < 1.29 is 4.92 Å². The molecule has 78 valence electrons. The Bertz CT molecular complexity index is 504. The fraction of sp³-hybridized carbons (Fsp3) is 0.300. The largest absolute Gasteiger partial charge is 0.330 e. The predicted octanol–water partition coefficient (Wildman–Crippen LogP) is 2.35. The van der Waals surface area contributed by atoms with E-state index in [1.807, 2.05) is 4.57 Å². The molecule has 2 rings (SSSR count). The Labute approximate surface area is 86.5 Å². The van der Waals surface area contributed by atoms with E-state index >= 15 is 0 Å². The second kappa shape index (κ2) is 3.68. The number of nitro benzene ring substituents is 1. The van der Waals surface area contributed by atoms with Gasteiger partial charge in [-0.1, -0.05) is 6.92 Å². The summed E-state index contributed by atoms with van der Waals surface area (Å²) in [4.78, 5) is 14.4. The zero-order valence-corrected chi connectivity index (χ0v) is 8.38. The molecule has 0 spiro atoms. The molecular formula is C10H11N3O2. The van der Waals surface area contributed by atoms with E-state index in [0.29, 0.717) is 0 Å². The number of non-ortho nitro benzene ring substituents is 1. The Balaban J connectivity index is 2.56. The molecule has 0 saturated heterocycles. The summed E-state index contributed by atoms with van der Waals surface area (Å²) >= 11 is 0. The molecule has 1 heterocycles. The van der Waals surface area contributed by atoms with E-state index in [9.17, 15) is 10.1 Å². The molecule has 0 saturated carbocycles. The Morgan fingerprint density at radius 3 is 3.00 bits per heavy atom. The number of rotatable bonds is 3. The van der Waals surface area contributed by atoms with Gasteiger partial charge in [-0.2, -0.15) is 0 Å². The van der Waals surface area contributed by atoms with Crippen LogP contribution in [0.25, 0.3) is 11.0 Å². The number of nitrogens with zero attached hydrogens (tertiary/aromatic N) is 3. The summed E-state index contributed by atoms with van der Waals surface area (Å²) < 4.78 is 1.93. The molecule has 0 bridgehead atoms. The minimum atomic E-state index is -0.386. The smallest absolute Gasteiger partial charge is 0.271 e. The van der Waals surface area contributed by atoms with Crippen LogP contribution in [0.4, 0.5) is 5.69 Å². The maximum absolute atomic E-state index is 10.6. The molecule has 1 aromatic carbocycles. The molecule has 0 aliphatic heterocycles. The fourth-order valence-electron chi connectivity index (χ4n) is 1.58. The van der Waals surface area contributed by atoms with E-state index < -0.39 is 0 Å². The lowest BCUT2D eigenvalue weighted by Gasteiger charge is -2.00. The summed E-state index contributed by atoms with van der Waals surface area (Å²) in [7, 11) is 0. The van der Waals surface area contributed by atoms with Crippen LogP contribution in [0.3, 0.4) is 0 Å². The average molecular weight is 205 g/mol. The number of imidazole rings is 1. The molecule has 0 unspecified atom stereocenters. The minimum absolute atomic E-state index is 0.111. The third kappa shape index (κ3) is 1.68. The maximum atomic E-state index is 10.6. The summed E-state index contributed by atoms with van der Waals surface area (Å²) in [5.41, 5.74) is 1.74. The van der Waals surface area contributed by atoms with E-state index in [-0.39, 0.29) is 10.6 Å². The highest BCUT2D eigenvalue weighted by atomic mass is 16.6. The van der Waals surface area contributed by atoms with Crippen LogP contribution in [0.15, 0.2) is 24.5 Å². The number of aromatic nitrogens is 2. The number of hydrogen-bond donors (Lipinski definition) is 0. The van der Waals surface area contributed by atoms with Gasteiger partial charge in [0.25, 0.3) is 5.69 Å². The number of fused-ring (bicyclic) bond motifs is 1. The van der Waals surface area contributed by atoms with Crippen molar-refractivity contribution in [2.75, 3.05) is 0 Å². The summed E-state index contributed by atoms with van der Waals surface area (Å²) in [5, 5.41) is 10.6. The first-order valence-electron chi connectivity index (χ1n) is 4.81. The fourth-order valence-corrected chi connectivity index (χ4v) is 1.58. The quantitative estimate of drug-likeness (QED) is 0.570. The summed E-state index contributed by atoms with van der Waals surface area (Å²) in [5.74, 6) is 0. The lowest BCUT2D eigenvalue weighted by atomic mass is 10.3. The number of benzene rings is 1. The van der Waals surface area contributed by atoms with Gasteiger partial charge in [0.2, 0.25) is 0 Å². The number of hydrogen-bond acceptors (Lipinski definition) is 3. The van der Waals surface area contributed by atoms with Gasteiger partial charge in [-0.15, -0.1) is 0 Å². The molecular weight excluding hydrogens is 194 g/mol. The lowest BCUT2D eigenvalue weighted by Crippen LogP contribution is -1.94. The van der Waals surface area contributed by atoms with Gasteiger partial charge in [0.1, 0.15) is 0 Å². The van der Waals surface area contributed by atoms with Crippen molar-refractivity contribution in [1.82, 2.24) is 9.55 Å². The highest BCUT2D eigenvalue weighted by Gasteiger charge is 2.09. The lowest BCUT2D eigenvalue weighted by molar-refractivity contribution is -0.384. The molecule has 0 atom stereocenters. The Hall–Kier alpha value is -1.91. The van der Waals surface area contributed by atoms with E-state index in [2.05, 4.69) is 11.9 Å². The van der Waals surface area contributed by atoms with Gasteiger partial charge in [-0.3, -0.25) is 10.1 Å². The maximum Gasteiger partial charge on any atom is 0.271 e. The number of nitro groups is 1. The Morgan fingerprint density at radius 2 is 2.33 bits per heavy atom. The van der Waals surface area contributed by atoms with Crippen molar-refractivity contribution in [2.45, 2.75) is 19.9 Å². The second-order valence-corrected chi connectivity index (χ2v) is 3.37. The first-order valence-corrected chi connectivity index (χ1v) is 4.81. The summed E-state index contributed by atoms with van der Waals surface area (Å²) in [6, 6.07) is 4.73. The third-order valence-corrected chi connectivity index (χ3v) is 2.28. The minimum Gasteiger partial charge on any atom is -0.330 e. The molecule has 2 aromatic rings. The van der Waals surface area contributed by atoms with Crippen molar-refractivity contribution >= 4 is 16.7 Å². The molecule has 0 N–H and O–H groups in total. The van der Waals surface area contributed by atoms with Gasteiger partial charge in [0, 0.05) is 18.7 Å². The first-order chi connectivity index (χ1) is 7.22. The van der Waals surface area contributed by atoms with Crippen molar-refractivity contribution in [3.05, 3.63) is 34.6 Å². The van der Waals surface area contributed by atoms with Gasteiger partial charge in [0.05, 0.1) is 22.3 Å². The zero-order valence-electron chi connectivity index (χ0n) is 8.38. The third-order valence-electron chi connectivity index (χ3n) is 2.28. The van der Waals surface area contributed by atoms with Crippen LogP contribution in [0, 0.1) is 10.1 Å². The Kier molecular flexibility index (Phi) is 2.37. The predicted molar refractivity (Wildman–Crippen MR) is 56.7 cm³/mol. The van der Waals surface area contributed by atoms with E-state index in [4.69, 9.17) is 0 Å². The van der Waals surface area contributed by atoms with Gasteiger partial charge in [-0.25, -0.2) is 4.98 Å². The molecule has 0 radical (unpaired) electrons. The highest BCUT2D eigenvalue weighted by molar-refractivity contribution is 5.77. The monoisotopic (exact) mass is 205 g/mol. The molecule has 15 heavy (non-hydrogen) atoms. The van der Waals surface area contributed by atoms with E-state index in [1.165, 1.54) is 6.07 Å². The van der Waals surface area contributed by atoms with Crippen LogP contribution in [-0.2, 0) is 6.54 Å². The van der Waals surface area contributed by atoms with Gasteiger partial charge < -0.3 is 4.57 Å². The van der Waals surface area contributed by atoms with Crippen LogP contribution in [0.1, 0.15) is 13.3 Å². The Morgan fingerprint density at radius 1 is 1.53 bits per heavy atom. The number of aryl methyl sites for hydroxylation is 1. The van der Waals surface area contributed by atoms with Gasteiger partial charge in [0.15, 0.2) is 0 Å². The average Bonchev–Trinajstić information content (AvgIpc) is 2.61. The molecule has 0 aliphatic carbocycles. The van der Waals surface area contributed by atoms with Gasteiger partial charge in [-0.05, 0) is 12.5 Å². The van der Waals surface area contributed by atoms with Crippen LogP contribution >= 0.6 is 0 Å². The second-order valence-electron chi connectivity index (χ2n) is 3.37. The molecule has 0 aliphatic rings. The van der Waals surface area contributed by atoms with Gasteiger partial charge >= 0.3 is 0 Å². The first kappa shape index (κ1) is 9.64. The summed E-state index contributed by atoms with van der Waals surface area (Å²) in [6.07, 6.45) is 2.70. The molecule has 0 fully saturated rings. The van der Waals surface area contributed by atoms with Crippen molar-refractivity contribution in [3.63, 3.8) is 0 Å². The van der Waals surface area contributed by atoms with Crippen LogP contribution in [-0.4, -0.2) is 14.5 Å². The molecule has 0 amide bonds. The van der Waals surface area contributed by atoms with Crippen molar-refractivity contribution in [1.29, 1.82) is 0 Å². The van der Waals surface area contributed by atoms with Crippen molar-refractivity contribution in [3.8, 4) is 0 Å². The van der Waals surface area contributed by atoms with Crippen molar-refractivity contribution in [2.24, 2.45) is 0 Å². The molecule has 1 aromatic heterocycles. The van der Waals surface area contributed by atoms with E-state index in [0.717, 1.165) is 24.0 Å². The SMILES string of the molecule is CCCn1cnc2ccc([N+](=O)[O-])cc21. The summed E-state index contributed by atoms with van der Waals surface area (Å²) in [6.45, 7) is 2.89. The molecule has 5 nitrogen and oxygen atoms in total. The van der Waals surface area contributed by atoms with E-state index in [1.54, 1.807) is 18.5 Å². The topological polar surface area (TPSA) is 61.0 Å². The zero-order chi connectivity index (χ0) is 10.8. The van der Waals surface area contributed by atoms with Crippen LogP contribution in [0.2, 0.25) is 0 Å². The standard InChI is InChI=1S/C10H11N3O2/c1-2-5-12-7-11-9-4-3-8(13(14)15)6-10(9)12/h3-4,6-7H,2,5H2,1H3. The normalized spacial score (nSPS) is 10.7. The highest BCUT2D eigenvalue weighted by Crippen LogP contribution is 2.19.